The molecule has 0 bridgehead atoms. The largest absolute Gasteiger partial charge is 0.348 e. The zero-order valence-electron chi connectivity index (χ0n) is 15.1. The van der Waals surface area contributed by atoms with Gasteiger partial charge in [0.15, 0.2) is 17.9 Å². The fourth-order valence-corrected chi connectivity index (χ4v) is 3.65. The monoisotopic (exact) mass is 350 g/mol. The average Bonchev–Trinajstić information content (AvgIpc) is 3.17. The summed E-state index contributed by atoms with van der Waals surface area (Å²) in [7, 11) is 0. The van der Waals surface area contributed by atoms with E-state index in [0.29, 0.717) is 13.2 Å². The second-order valence-electron chi connectivity index (χ2n) is 7.70. The van der Waals surface area contributed by atoms with Crippen LogP contribution in [0.25, 0.3) is 0 Å². The highest BCUT2D eigenvalue weighted by Gasteiger charge is 2.59. The maximum absolute atomic E-state index is 6.14. The van der Waals surface area contributed by atoms with E-state index in [4.69, 9.17) is 28.4 Å². The summed E-state index contributed by atoms with van der Waals surface area (Å²) in [5.41, 5.74) is 1.09. The lowest BCUT2D eigenvalue weighted by atomic mass is 10.1. The van der Waals surface area contributed by atoms with Crippen molar-refractivity contribution in [1.29, 1.82) is 0 Å². The lowest BCUT2D eigenvalue weighted by Crippen LogP contribution is -2.40. The Hall–Kier alpha value is -1.02. The van der Waals surface area contributed by atoms with Gasteiger partial charge < -0.3 is 28.4 Å². The van der Waals surface area contributed by atoms with Crippen LogP contribution in [-0.2, 0) is 35.0 Å². The van der Waals surface area contributed by atoms with Gasteiger partial charge in [-0.05, 0) is 33.3 Å². The first-order chi connectivity index (χ1) is 11.8. The van der Waals surface area contributed by atoms with Gasteiger partial charge in [0.1, 0.15) is 24.4 Å². The minimum absolute atomic E-state index is 0.203. The maximum atomic E-state index is 6.14. The molecule has 4 rings (SSSR count). The first-order valence-corrected chi connectivity index (χ1v) is 8.81. The predicted molar refractivity (Wildman–Crippen MR) is 88.6 cm³/mol. The number of fused-ring (bicyclic) bond motifs is 1. The molecule has 2 unspecified atom stereocenters. The third kappa shape index (κ3) is 3.60. The van der Waals surface area contributed by atoms with Gasteiger partial charge in [-0.2, -0.15) is 0 Å². The molecule has 5 atom stereocenters. The van der Waals surface area contributed by atoms with Gasteiger partial charge in [0.05, 0.1) is 13.2 Å². The highest BCUT2D eigenvalue weighted by Crippen LogP contribution is 2.42. The normalized spacial score (nSPS) is 38.8. The molecule has 3 heterocycles. The van der Waals surface area contributed by atoms with E-state index in [2.05, 4.69) is 0 Å². The third-order valence-corrected chi connectivity index (χ3v) is 4.70. The van der Waals surface area contributed by atoms with Crippen LogP contribution < -0.4 is 0 Å². The standard InChI is InChI=1S/C19H26O6/c1-18(2)21-11-13(23-18)14-15-16(25-19(3,4)24-15)17(22-14)20-10-12-8-6-5-7-9-12/h5-9,13-17H,10-11H2,1-4H3/t13?,14-,15?,16-,17+/m1/s1. The van der Waals surface area contributed by atoms with Crippen molar-refractivity contribution >= 4 is 0 Å². The molecule has 0 N–H and O–H groups in total. The topological polar surface area (TPSA) is 55.4 Å². The smallest absolute Gasteiger partial charge is 0.187 e. The molecule has 0 aromatic heterocycles. The van der Waals surface area contributed by atoms with Crippen LogP contribution in [0.5, 0.6) is 0 Å². The van der Waals surface area contributed by atoms with E-state index in [-0.39, 0.29) is 24.4 Å². The van der Waals surface area contributed by atoms with Crippen LogP contribution in [0.3, 0.4) is 0 Å². The lowest BCUT2D eigenvalue weighted by molar-refractivity contribution is -0.250. The zero-order valence-corrected chi connectivity index (χ0v) is 15.1. The van der Waals surface area contributed by atoms with Crippen LogP contribution in [0.15, 0.2) is 30.3 Å². The molecule has 3 aliphatic heterocycles. The Labute approximate surface area is 148 Å². The molecule has 0 radical (unpaired) electrons. The molecule has 3 fully saturated rings. The average molecular weight is 350 g/mol. The van der Waals surface area contributed by atoms with Gasteiger partial charge in [0.25, 0.3) is 0 Å². The fraction of sp³-hybridized carbons (Fsp3) is 0.684. The van der Waals surface area contributed by atoms with E-state index in [9.17, 15) is 0 Å². The van der Waals surface area contributed by atoms with Crippen LogP contribution in [0, 0.1) is 0 Å². The zero-order chi connectivity index (χ0) is 17.7. The van der Waals surface area contributed by atoms with Gasteiger partial charge in [-0.15, -0.1) is 0 Å². The van der Waals surface area contributed by atoms with Crippen LogP contribution in [0.4, 0.5) is 0 Å². The lowest BCUT2D eigenvalue weighted by Gasteiger charge is -2.27. The van der Waals surface area contributed by atoms with E-state index in [0.717, 1.165) is 5.56 Å². The van der Waals surface area contributed by atoms with Crippen molar-refractivity contribution in [3.05, 3.63) is 35.9 Å². The van der Waals surface area contributed by atoms with E-state index in [1.54, 1.807) is 0 Å². The fourth-order valence-electron chi connectivity index (χ4n) is 3.65. The Kier molecular flexibility index (Phi) is 4.38. The Morgan fingerprint density at radius 1 is 0.920 bits per heavy atom. The number of benzene rings is 1. The first-order valence-electron chi connectivity index (χ1n) is 8.81. The first kappa shape index (κ1) is 17.4. The molecule has 0 saturated carbocycles. The van der Waals surface area contributed by atoms with Crippen LogP contribution in [-0.4, -0.2) is 48.9 Å². The molecular formula is C19H26O6. The molecule has 3 aliphatic rings. The summed E-state index contributed by atoms with van der Waals surface area (Å²) in [6, 6.07) is 10.0. The summed E-state index contributed by atoms with van der Waals surface area (Å²) in [5.74, 6) is -1.28. The van der Waals surface area contributed by atoms with E-state index in [1.807, 2.05) is 58.0 Å². The van der Waals surface area contributed by atoms with Crippen molar-refractivity contribution in [3.8, 4) is 0 Å². The van der Waals surface area contributed by atoms with E-state index >= 15 is 0 Å². The molecule has 1 aromatic rings. The van der Waals surface area contributed by atoms with Gasteiger partial charge in [0, 0.05) is 0 Å². The van der Waals surface area contributed by atoms with Gasteiger partial charge in [-0.1, -0.05) is 30.3 Å². The molecule has 0 spiro atoms. The molecule has 6 heteroatoms. The predicted octanol–water partition coefficient (Wildman–Crippen LogP) is 2.60. The summed E-state index contributed by atoms with van der Waals surface area (Å²) in [4.78, 5) is 0. The minimum Gasteiger partial charge on any atom is -0.348 e. The van der Waals surface area contributed by atoms with Gasteiger partial charge in [-0.25, -0.2) is 0 Å². The summed E-state index contributed by atoms with van der Waals surface area (Å²) in [5, 5.41) is 0. The van der Waals surface area contributed by atoms with Gasteiger partial charge in [-0.3, -0.25) is 0 Å². The van der Waals surface area contributed by atoms with Crippen LogP contribution in [0.1, 0.15) is 33.3 Å². The summed E-state index contributed by atoms with van der Waals surface area (Å²) in [6.45, 7) is 8.55. The Balaban J connectivity index is 1.47. The Morgan fingerprint density at radius 3 is 2.32 bits per heavy atom. The Bertz CT molecular complexity index is 601. The molecule has 6 nitrogen and oxygen atoms in total. The van der Waals surface area contributed by atoms with Gasteiger partial charge in [0.2, 0.25) is 0 Å². The quantitative estimate of drug-likeness (QED) is 0.832. The Morgan fingerprint density at radius 2 is 1.64 bits per heavy atom. The SMILES string of the molecule is CC1(C)OCC([C@H]2O[C@H](OCc3ccccc3)[C@@H]3OC(C)(C)OC23)O1. The highest BCUT2D eigenvalue weighted by molar-refractivity contribution is 5.13. The van der Waals surface area contributed by atoms with Crippen molar-refractivity contribution in [2.24, 2.45) is 0 Å². The molecular weight excluding hydrogens is 324 g/mol. The highest BCUT2D eigenvalue weighted by atomic mass is 16.8. The number of hydrogen-bond acceptors (Lipinski definition) is 6. The summed E-state index contributed by atoms with van der Waals surface area (Å²) in [6.07, 6.45) is -1.50. The van der Waals surface area contributed by atoms with Crippen molar-refractivity contribution in [2.75, 3.05) is 6.61 Å². The third-order valence-electron chi connectivity index (χ3n) is 4.70. The molecule has 0 amide bonds. The molecule has 3 saturated heterocycles. The number of ether oxygens (including phenoxy) is 6. The maximum Gasteiger partial charge on any atom is 0.187 e. The van der Waals surface area contributed by atoms with Crippen molar-refractivity contribution in [3.63, 3.8) is 0 Å². The molecule has 0 aliphatic carbocycles. The van der Waals surface area contributed by atoms with E-state index < -0.39 is 17.9 Å². The van der Waals surface area contributed by atoms with Crippen molar-refractivity contribution in [1.82, 2.24) is 0 Å². The second-order valence-corrected chi connectivity index (χ2v) is 7.70. The minimum atomic E-state index is -0.666. The van der Waals surface area contributed by atoms with Crippen molar-refractivity contribution < 1.29 is 28.4 Å². The molecule has 1 aromatic carbocycles. The van der Waals surface area contributed by atoms with Crippen LogP contribution >= 0.6 is 0 Å². The summed E-state index contributed by atoms with van der Waals surface area (Å²) >= 11 is 0. The number of rotatable bonds is 4. The van der Waals surface area contributed by atoms with Gasteiger partial charge >= 0.3 is 0 Å². The second kappa shape index (κ2) is 6.30. The number of hydrogen-bond donors (Lipinski definition) is 0. The van der Waals surface area contributed by atoms with Crippen molar-refractivity contribution in [2.45, 2.75) is 76.6 Å². The summed E-state index contributed by atoms with van der Waals surface area (Å²) < 4.78 is 36.0. The molecule has 25 heavy (non-hydrogen) atoms. The molecule has 138 valence electrons. The van der Waals surface area contributed by atoms with Crippen LogP contribution in [0.2, 0.25) is 0 Å². The van der Waals surface area contributed by atoms with E-state index in [1.165, 1.54) is 0 Å².